The summed E-state index contributed by atoms with van der Waals surface area (Å²) in [5.41, 5.74) is -0.268. The Hall–Kier alpha value is -0.550. The van der Waals surface area contributed by atoms with Crippen LogP contribution in [0.2, 0.25) is 0 Å². The van der Waals surface area contributed by atoms with E-state index in [0.29, 0.717) is 6.04 Å². The summed E-state index contributed by atoms with van der Waals surface area (Å²) in [5.74, 6) is 0.822. The predicted molar refractivity (Wildman–Crippen MR) is 66.0 cm³/mol. The van der Waals surface area contributed by atoms with Gasteiger partial charge in [0.1, 0.15) is 5.54 Å². The maximum absolute atomic E-state index is 9.35. The van der Waals surface area contributed by atoms with E-state index in [9.17, 15) is 5.26 Å². The van der Waals surface area contributed by atoms with Gasteiger partial charge in [-0.1, -0.05) is 38.5 Å². The van der Waals surface area contributed by atoms with Crippen molar-refractivity contribution in [2.45, 2.75) is 76.3 Å². The van der Waals surface area contributed by atoms with Crippen LogP contribution in [-0.4, -0.2) is 11.6 Å². The molecular weight excluding hydrogens is 196 g/mol. The maximum atomic E-state index is 9.35. The SMILES string of the molecule is CC(C#N)(CC1CC1)NC1CCCCCC1. The van der Waals surface area contributed by atoms with Crippen molar-refractivity contribution in [2.24, 2.45) is 5.92 Å². The molecule has 0 aromatic heterocycles. The van der Waals surface area contributed by atoms with E-state index in [1.54, 1.807) is 0 Å². The van der Waals surface area contributed by atoms with E-state index in [1.165, 1.54) is 51.4 Å². The van der Waals surface area contributed by atoms with Crippen LogP contribution >= 0.6 is 0 Å². The average Bonchev–Trinajstić information content (AvgIpc) is 3.06. The Bertz CT molecular complexity index is 256. The molecule has 0 aliphatic heterocycles. The van der Waals surface area contributed by atoms with E-state index < -0.39 is 0 Å². The molecule has 2 saturated carbocycles. The lowest BCUT2D eigenvalue weighted by Gasteiger charge is -2.29. The van der Waals surface area contributed by atoms with Crippen molar-refractivity contribution in [3.8, 4) is 6.07 Å². The zero-order valence-corrected chi connectivity index (χ0v) is 10.5. The van der Waals surface area contributed by atoms with E-state index in [1.807, 2.05) is 0 Å². The molecule has 1 N–H and O–H groups in total. The molecule has 0 bridgehead atoms. The first-order valence-corrected chi connectivity index (χ1v) is 6.91. The van der Waals surface area contributed by atoms with Crippen LogP contribution in [0.15, 0.2) is 0 Å². The smallest absolute Gasteiger partial charge is 0.104 e. The van der Waals surface area contributed by atoms with Crippen LogP contribution in [0.25, 0.3) is 0 Å². The first-order valence-electron chi connectivity index (χ1n) is 6.91. The van der Waals surface area contributed by atoms with E-state index in [0.717, 1.165) is 12.3 Å². The number of hydrogen-bond donors (Lipinski definition) is 1. The fraction of sp³-hybridized carbons (Fsp3) is 0.929. The van der Waals surface area contributed by atoms with Crippen LogP contribution < -0.4 is 5.32 Å². The van der Waals surface area contributed by atoms with Crippen molar-refractivity contribution in [3.05, 3.63) is 0 Å². The molecule has 2 aliphatic carbocycles. The predicted octanol–water partition coefficient (Wildman–Crippen LogP) is 3.38. The van der Waals surface area contributed by atoms with Gasteiger partial charge in [-0.2, -0.15) is 5.26 Å². The molecule has 0 radical (unpaired) electrons. The zero-order chi connectivity index (χ0) is 11.4. The van der Waals surface area contributed by atoms with Crippen molar-refractivity contribution in [1.29, 1.82) is 5.26 Å². The molecule has 1 atom stereocenters. The molecule has 0 aromatic rings. The van der Waals surface area contributed by atoms with Gasteiger partial charge in [-0.15, -0.1) is 0 Å². The second kappa shape index (κ2) is 5.19. The van der Waals surface area contributed by atoms with Gasteiger partial charge in [0.25, 0.3) is 0 Å². The molecular formula is C14H24N2. The second-order valence-corrected chi connectivity index (χ2v) is 5.92. The van der Waals surface area contributed by atoms with Crippen LogP contribution in [0, 0.1) is 17.2 Å². The summed E-state index contributed by atoms with van der Waals surface area (Å²) >= 11 is 0. The highest BCUT2D eigenvalue weighted by Gasteiger charge is 2.34. The Labute approximate surface area is 99.4 Å². The molecule has 2 nitrogen and oxygen atoms in total. The van der Waals surface area contributed by atoms with Crippen LogP contribution in [0.5, 0.6) is 0 Å². The normalized spacial score (nSPS) is 26.8. The summed E-state index contributed by atoms with van der Waals surface area (Å²) in [6.45, 7) is 2.09. The minimum Gasteiger partial charge on any atom is -0.297 e. The molecule has 2 rings (SSSR count). The summed E-state index contributed by atoms with van der Waals surface area (Å²) in [6, 6.07) is 3.10. The molecule has 16 heavy (non-hydrogen) atoms. The Morgan fingerprint density at radius 3 is 2.25 bits per heavy atom. The van der Waals surface area contributed by atoms with Crippen LogP contribution in [0.3, 0.4) is 0 Å². The number of rotatable bonds is 4. The van der Waals surface area contributed by atoms with Crippen molar-refractivity contribution in [1.82, 2.24) is 5.32 Å². The summed E-state index contributed by atoms with van der Waals surface area (Å²) in [7, 11) is 0. The maximum Gasteiger partial charge on any atom is 0.104 e. The quantitative estimate of drug-likeness (QED) is 0.737. The lowest BCUT2D eigenvalue weighted by Crippen LogP contribution is -2.47. The van der Waals surface area contributed by atoms with E-state index in [4.69, 9.17) is 0 Å². The van der Waals surface area contributed by atoms with Crippen LogP contribution in [0.4, 0.5) is 0 Å². The molecule has 0 amide bonds. The number of hydrogen-bond acceptors (Lipinski definition) is 2. The highest BCUT2D eigenvalue weighted by atomic mass is 15.0. The molecule has 2 fully saturated rings. The largest absolute Gasteiger partial charge is 0.297 e. The molecule has 0 aromatic carbocycles. The van der Waals surface area contributed by atoms with Crippen molar-refractivity contribution in [2.75, 3.05) is 0 Å². The lowest BCUT2D eigenvalue weighted by atomic mass is 9.94. The Morgan fingerprint density at radius 2 is 1.75 bits per heavy atom. The molecule has 2 heteroatoms. The van der Waals surface area contributed by atoms with Crippen LogP contribution in [0.1, 0.15) is 64.7 Å². The number of nitriles is 1. The Kier molecular flexibility index (Phi) is 3.86. The van der Waals surface area contributed by atoms with E-state index >= 15 is 0 Å². The van der Waals surface area contributed by atoms with Gasteiger partial charge in [0, 0.05) is 6.04 Å². The second-order valence-electron chi connectivity index (χ2n) is 5.92. The van der Waals surface area contributed by atoms with E-state index in [2.05, 4.69) is 18.3 Å². The fourth-order valence-corrected chi connectivity index (χ4v) is 2.91. The Balaban J connectivity index is 1.86. The van der Waals surface area contributed by atoms with Gasteiger partial charge in [-0.25, -0.2) is 0 Å². The summed E-state index contributed by atoms with van der Waals surface area (Å²) in [6.07, 6.45) is 11.7. The van der Waals surface area contributed by atoms with Gasteiger partial charge in [0.2, 0.25) is 0 Å². The topological polar surface area (TPSA) is 35.8 Å². The molecule has 1 unspecified atom stereocenters. The summed E-state index contributed by atoms with van der Waals surface area (Å²) < 4.78 is 0. The summed E-state index contributed by atoms with van der Waals surface area (Å²) in [4.78, 5) is 0. The zero-order valence-electron chi connectivity index (χ0n) is 10.5. The van der Waals surface area contributed by atoms with Crippen molar-refractivity contribution >= 4 is 0 Å². The van der Waals surface area contributed by atoms with Gasteiger partial charge in [0.15, 0.2) is 0 Å². The lowest BCUT2D eigenvalue weighted by molar-refractivity contribution is 0.323. The number of nitrogens with one attached hydrogen (secondary N) is 1. The fourth-order valence-electron chi connectivity index (χ4n) is 2.91. The highest BCUT2D eigenvalue weighted by Crippen LogP contribution is 2.37. The van der Waals surface area contributed by atoms with Gasteiger partial charge < -0.3 is 0 Å². The third kappa shape index (κ3) is 3.49. The monoisotopic (exact) mass is 220 g/mol. The summed E-state index contributed by atoms with van der Waals surface area (Å²) in [5, 5.41) is 13.0. The molecule has 90 valence electrons. The van der Waals surface area contributed by atoms with Gasteiger partial charge in [-0.05, 0) is 32.1 Å². The standard InChI is InChI=1S/C14H24N2/c1-14(11-15,10-12-8-9-12)16-13-6-4-2-3-5-7-13/h12-13,16H,2-10H2,1H3. The highest BCUT2D eigenvalue weighted by molar-refractivity contribution is 5.07. The minimum atomic E-state index is -0.268. The van der Waals surface area contributed by atoms with Gasteiger partial charge in [-0.3, -0.25) is 5.32 Å². The van der Waals surface area contributed by atoms with Crippen LogP contribution in [-0.2, 0) is 0 Å². The molecule has 0 saturated heterocycles. The third-order valence-electron chi connectivity index (χ3n) is 4.02. The average molecular weight is 220 g/mol. The van der Waals surface area contributed by atoms with E-state index in [-0.39, 0.29) is 5.54 Å². The first-order chi connectivity index (χ1) is 7.72. The molecule has 0 heterocycles. The number of nitrogens with zero attached hydrogens (tertiary/aromatic N) is 1. The van der Waals surface area contributed by atoms with Crippen molar-refractivity contribution in [3.63, 3.8) is 0 Å². The van der Waals surface area contributed by atoms with Gasteiger partial charge in [0.05, 0.1) is 6.07 Å². The molecule has 2 aliphatic rings. The minimum absolute atomic E-state index is 0.268. The van der Waals surface area contributed by atoms with Crippen molar-refractivity contribution < 1.29 is 0 Å². The first kappa shape index (κ1) is 11.9. The molecule has 0 spiro atoms. The Morgan fingerprint density at radius 1 is 1.12 bits per heavy atom. The third-order valence-corrected chi connectivity index (χ3v) is 4.02. The van der Waals surface area contributed by atoms with Gasteiger partial charge >= 0.3 is 0 Å².